The minimum Gasteiger partial charge on any atom is -0.397 e. The summed E-state index contributed by atoms with van der Waals surface area (Å²) in [5.74, 6) is 0. The average molecular weight is 297 g/mol. The van der Waals surface area contributed by atoms with Crippen molar-refractivity contribution in [3.63, 3.8) is 0 Å². The van der Waals surface area contributed by atoms with E-state index in [0.29, 0.717) is 22.4 Å². The van der Waals surface area contributed by atoms with Crippen LogP contribution in [0.15, 0.2) is 12.1 Å². The lowest BCUT2D eigenvalue weighted by Crippen LogP contribution is -2.40. The Morgan fingerprint density at radius 2 is 1.90 bits per heavy atom. The number of rotatable bonds is 5. The van der Waals surface area contributed by atoms with Gasteiger partial charge in [0.25, 0.3) is 0 Å². The Hall–Kier alpha value is -1.13. The summed E-state index contributed by atoms with van der Waals surface area (Å²) in [6, 6.07) is 4.19. The molecule has 0 aliphatic carbocycles. The van der Waals surface area contributed by atoms with Crippen molar-refractivity contribution in [2.75, 3.05) is 42.5 Å². The van der Waals surface area contributed by atoms with Gasteiger partial charge < -0.3 is 21.3 Å². The molecule has 1 aromatic carbocycles. The van der Waals surface area contributed by atoms with Gasteiger partial charge in [-0.2, -0.15) is 0 Å². The Balaban J connectivity index is 2.20. The molecule has 0 amide bonds. The van der Waals surface area contributed by atoms with Crippen LogP contribution >= 0.6 is 11.6 Å². The van der Waals surface area contributed by atoms with Crippen molar-refractivity contribution in [2.24, 2.45) is 0 Å². The first kappa shape index (κ1) is 15.3. The van der Waals surface area contributed by atoms with Gasteiger partial charge in [-0.3, -0.25) is 0 Å². The topological polar surface area (TPSA) is 58.5 Å². The lowest BCUT2D eigenvalue weighted by atomic mass is 10.1. The number of nitrogens with zero attached hydrogens (tertiary/aromatic N) is 2. The van der Waals surface area contributed by atoms with Gasteiger partial charge in [0.15, 0.2) is 0 Å². The molecular weight excluding hydrogens is 272 g/mol. The fraction of sp³-hybridized carbons (Fsp3) is 0.600. The molecule has 0 saturated carbocycles. The Bertz CT molecular complexity index is 459. The molecule has 1 unspecified atom stereocenters. The van der Waals surface area contributed by atoms with E-state index >= 15 is 0 Å². The van der Waals surface area contributed by atoms with E-state index in [2.05, 4.69) is 23.6 Å². The van der Waals surface area contributed by atoms with Gasteiger partial charge >= 0.3 is 0 Å². The van der Waals surface area contributed by atoms with Crippen LogP contribution in [0.5, 0.6) is 0 Å². The lowest BCUT2D eigenvalue weighted by molar-refractivity contribution is 0.283. The summed E-state index contributed by atoms with van der Waals surface area (Å²) >= 11 is 6.36. The van der Waals surface area contributed by atoms with Crippen molar-refractivity contribution in [1.29, 1.82) is 0 Å². The van der Waals surface area contributed by atoms with Crippen molar-refractivity contribution < 1.29 is 0 Å². The minimum absolute atomic E-state index is 0.510. The van der Waals surface area contributed by atoms with Crippen LogP contribution < -0.4 is 16.4 Å². The molecule has 1 heterocycles. The van der Waals surface area contributed by atoms with Gasteiger partial charge in [-0.25, -0.2) is 0 Å². The normalized spacial score (nSPS) is 19.0. The second-order valence-corrected chi connectivity index (χ2v) is 5.82. The molecule has 0 aromatic heterocycles. The standard InChI is InChI=1S/C15H25ClN4/c1-3-19(4-2)10-11-6-5-7-20(11)15-9-14(18)13(17)8-12(15)16/h8-9,11H,3-7,10,17-18H2,1-2H3. The Morgan fingerprint density at radius 1 is 1.25 bits per heavy atom. The maximum Gasteiger partial charge on any atom is 0.0661 e. The van der Waals surface area contributed by atoms with Crippen LogP contribution in [0.1, 0.15) is 26.7 Å². The predicted molar refractivity (Wildman–Crippen MR) is 88.4 cm³/mol. The van der Waals surface area contributed by atoms with E-state index in [-0.39, 0.29) is 0 Å². The number of nitrogen functional groups attached to an aromatic ring is 2. The quantitative estimate of drug-likeness (QED) is 0.820. The number of nitrogens with two attached hydrogens (primary N) is 2. The highest BCUT2D eigenvalue weighted by Crippen LogP contribution is 2.36. The molecule has 5 heteroatoms. The molecule has 2 rings (SSSR count). The van der Waals surface area contributed by atoms with Gasteiger partial charge in [0.1, 0.15) is 0 Å². The third-order valence-corrected chi connectivity index (χ3v) is 4.51. The third kappa shape index (κ3) is 3.13. The molecule has 0 spiro atoms. The summed E-state index contributed by atoms with van der Waals surface area (Å²) in [7, 11) is 0. The highest BCUT2D eigenvalue weighted by atomic mass is 35.5. The molecule has 4 N–H and O–H groups in total. The zero-order valence-electron chi connectivity index (χ0n) is 12.4. The smallest absolute Gasteiger partial charge is 0.0661 e. The molecule has 1 atom stereocenters. The summed E-state index contributed by atoms with van der Waals surface area (Å²) < 4.78 is 0. The van der Waals surface area contributed by atoms with E-state index in [1.165, 1.54) is 12.8 Å². The van der Waals surface area contributed by atoms with Gasteiger partial charge in [0.2, 0.25) is 0 Å². The monoisotopic (exact) mass is 296 g/mol. The molecule has 20 heavy (non-hydrogen) atoms. The van der Waals surface area contributed by atoms with E-state index in [1.54, 1.807) is 6.07 Å². The number of hydrogen-bond donors (Lipinski definition) is 2. The minimum atomic E-state index is 0.510. The number of anilines is 3. The fourth-order valence-corrected chi connectivity index (χ4v) is 3.22. The van der Waals surface area contributed by atoms with Crippen LogP contribution in [0.3, 0.4) is 0 Å². The first-order valence-electron chi connectivity index (χ1n) is 7.40. The highest BCUT2D eigenvalue weighted by Gasteiger charge is 2.27. The zero-order valence-corrected chi connectivity index (χ0v) is 13.2. The predicted octanol–water partition coefficient (Wildman–Crippen LogP) is 2.82. The van der Waals surface area contributed by atoms with Crippen LogP contribution in [0.4, 0.5) is 17.1 Å². The van der Waals surface area contributed by atoms with Crippen molar-refractivity contribution in [3.8, 4) is 0 Å². The van der Waals surface area contributed by atoms with Crippen molar-refractivity contribution in [2.45, 2.75) is 32.7 Å². The van der Waals surface area contributed by atoms with E-state index in [1.807, 2.05) is 6.07 Å². The molecule has 4 nitrogen and oxygen atoms in total. The van der Waals surface area contributed by atoms with Crippen LogP contribution in [0, 0.1) is 0 Å². The summed E-state index contributed by atoms with van der Waals surface area (Å²) in [5, 5.41) is 0.697. The highest BCUT2D eigenvalue weighted by molar-refractivity contribution is 6.33. The van der Waals surface area contributed by atoms with Crippen LogP contribution in [0.25, 0.3) is 0 Å². The second-order valence-electron chi connectivity index (χ2n) is 5.41. The molecule has 1 aliphatic rings. The number of halogens is 1. The van der Waals surface area contributed by atoms with Gasteiger partial charge in [-0.15, -0.1) is 0 Å². The Morgan fingerprint density at radius 3 is 2.55 bits per heavy atom. The Labute approximate surface area is 126 Å². The molecule has 1 saturated heterocycles. The van der Waals surface area contributed by atoms with Gasteiger partial charge in [-0.1, -0.05) is 25.4 Å². The third-order valence-electron chi connectivity index (χ3n) is 4.20. The second kappa shape index (κ2) is 6.55. The maximum atomic E-state index is 6.36. The first-order valence-corrected chi connectivity index (χ1v) is 7.78. The molecule has 1 aliphatic heterocycles. The molecule has 1 fully saturated rings. The molecule has 0 bridgehead atoms. The van der Waals surface area contributed by atoms with E-state index in [0.717, 1.165) is 31.9 Å². The van der Waals surface area contributed by atoms with Gasteiger partial charge in [0.05, 0.1) is 22.1 Å². The summed E-state index contributed by atoms with van der Waals surface area (Å²) in [6.07, 6.45) is 2.41. The van der Waals surface area contributed by atoms with Crippen molar-refractivity contribution in [3.05, 3.63) is 17.2 Å². The summed E-state index contributed by atoms with van der Waals surface area (Å²) in [6.45, 7) is 8.69. The Kier molecular flexibility index (Phi) is 5.00. The van der Waals surface area contributed by atoms with E-state index in [9.17, 15) is 0 Å². The van der Waals surface area contributed by atoms with Crippen LogP contribution in [0.2, 0.25) is 5.02 Å². The number of benzene rings is 1. The SMILES string of the molecule is CCN(CC)CC1CCCN1c1cc(N)c(N)cc1Cl. The molecule has 1 aromatic rings. The zero-order chi connectivity index (χ0) is 14.7. The van der Waals surface area contributed by atoms with E-state index < -0.39 is 0 Å². The average Bonchev–Trinajstić information content (AvgIpc) is 2.88. The number of hydrogen-bond acceptors (Lipinski definition) is 4. The summed E-state index contributed by atoms with van der Waals surface area (Å²) in [4.78, 5) is 4.84. The largest absolute Gasteiger partial charge is 0.397 e. The number of likely N-dealkylation sites (N-methyl/N-ethyl adjacent to an activating group) is 1. The molecule has 112 valence electrons. The molecular formula is C15H25ClN4. The van der Waals surface area contributed by atoms with Gasteiger partial charge in [-0.05, 0) is 38.1 Å². The lowest BCUT2D eigenvalue weighted by Gasteiger charge is -2.32. The van der Waals surface area contributed by atoms with Crippen molar-refractivity contribution >= 4 is 28.7 Å². The first-order chi connectivity index (χ1) is 9.56. The van der Waals surface area contributed by atoms with Gasteiger partial charge in [0, 0.05) is 19.1 Å². The maximum absolute atomic E-state index is 6.36. The molecule has 0 radical (unpaired) electrons. The van der Waals surface area contributed by atoms with E-state index in [4.69, 9.17) is 23.1 Å². The van der Waals surface area contributed by atoms with Crippen molar-refractivity contribution in [1.82, 2.24) is 4.90 Å². The van der Waals surface area contributed by atoms with Crippen LogP contribution in [-0.2, 0) is 0 Å². The summed E-state index contributed by atoms with van der Waals surface area (Å²) in [5.41, 5.74) is 13.9. The fourth-order valence-electron chi connectivity index (χ4n) is 2.94. The van der Waals surface area contributed by atoms with Crippen LogP contribution in [-0.4, -0.2) is 37.1 Å².